The number of methoxy groups -OCH3 is 1. The van der Waals surface area contributed by atoms with Gasteiger partial charge in [-0.3, -0.25) is 0 Å². The summed E-state index contributed by atoms with van der Waals surface area (Å²) in [5, 5.41) is 3.56. The predicted molar refractivity (Wildman–Crippen MR) is 160 cm³/mol. The van der Waals surface area contributed by atoms with E-state index in [4.69, 9.17) is 18.9 Å². The second-order valence-electron chi connectivity index (χ2n) is 10.9. The normalized spacial score (nSPS) is 17.5. The molecule has 1 N–H and O–H groups in total. The molecule has 5 heteroatoms. The Bertz CT molecular complexity index is 1370. The fourth-order valence-electron chi connectivity index (χ4n) is 5.07. The molecule has 1 aliphatic rings. The fraction of sp³-hybridized carbons (Fsp3) is 0.314. The van der Waals surface area contributed by atoms with Crippen molar-refractivity contribution in [3.05, 3.63) is 125 Å². The van der Waals surface area contributed by atoms with E-state index >= 15 is 0 Å². The number of nitrogens with one attached hydrogen (secondary N) is 1. The SMILES string of the molecule is COc1ccc(CNc2ccc3c(c2)C(OCCc2ccccc2)C(OCc2ccc(C)cc2)C(C)(C)O3)cc1. The van der Waals surface area contributed by atoms with Crippen LogP contribution < -0.4 is 14.8 Å². The van der Waals surface area contributed by atoms with E-state index in [2.05, 4.69) is 98.9 Å². The van der Waals surface area contributed by atoms with Crippen molar-refractivity contribution >= 4 is 5.69 Å². The Kier molecular flexibility index (Phi) is 8.73. The van der Waals surface area contributed by atoms with Crippen LogP contribution in [0.2, 0.25) is 0 Å². The van der Waals surface area contributed by atoms with Gasteiger partial charge in [0.15, 0.2) is 0 Å². The first kappa shape index (κ1) is 27.8. The Hall–Kier alpha value is -3.80. The summed E-state index contributed by atoms with van der Waals surface area (Å²) in [5.41, 5.74) is 6.22. The summed E-state index contributed by atoms with van der Waals surface area (Å²) in [6.45, 7) is 8.02. The Balaban J connectivity index is 1.37. The van der Waals surface area contributed by atoms with Gasteiger partial charge in [0.05, 0.1) is 20.3 Å². The summed E-state index contributed by atoms with van der Waals surface area (Å²) < 4.78 is 25.1. The van der Waals surface area contributed by atoms with Crippen LogP contribution in [0.25, 0.3) is 0 Å². The number of aryl methyl sites for hydroxylation is 1. The van der Waals surface area contributed by atoms with Crippen LogP contribution in [0.5, 0.6) is 11.5 Å². The monoisotopic (exact) mass is 537 g/mol. The molecular weight excluding hydrogens is 498 g/mol. The molecule has 40 heavy (non-hydrogen) atoms. The maximum absolute atomic E-state index is 6.67. The lowest BCUT2D eigenvalue weighted by atomic mass is 9.87. The Morgan fingerprint density at radius 3 is 2.25 bits per heavy atom. The van der Waals surface area contributed by atoms with Crippen LogP contribution in [0.15, 0.2) is 97.1 Å². The van der Waals surface area contributed by atoms with E-state index in [9.17, 15) is 0 Å². The van der Waals surface area contributed by atoms with Gasteiger partial charge >= 0.3 is 0 Å². The van der Waals surface area contributed by atoms with Crippen molar-refractivity contribution in [1.29, 1.82) is 0 Å². The first-order valence-electron chi connectivity index (χ1n) is 13.9. The highest BCUT2D eigenvalue weighted by Gasteiger charge is 2.45. The molecule has 0 aliphatic carbocycles. The molecule has 0 amide bonds. The molecule has 208 valence electrons. The zero-order valence-electron chi connectivity index (χ0n) is 23.9. The molecule has 0 saturated heterocycles. The lowest BCUT2D eigenvalue weighted by molar-refractivity contribution is -0.167. The van der Waals surface area contributed by atoms with E-state index in [1.54, 1.807) is 7.11 Å². The molecule has 5 nitrogen and oxygen atoms in total. The van der Waals surface area contributed by atoms with Gasteiger partial charge in [-0.2, -0.15) is 0 Å². The highest BCUT2D eigenvalue weighted by molar-refractivity contribution is 5.54. The van der Waals surface area contributed by atoms with Gasteiger partial charge in [0, 0.05) is 17.8 Å². The van der Waals surface area contributed by atoms with Gasteiger partial charge in [-0.25, -0.2) is 0 Å². The highest BCUT2D eigenvalue weighted by atomic mass is 16.6. The van der Waals surface area contributed by atoms with Gasteiger partial charge < -0.3 is 24.3 Å². The van der Waals surface area contributed by atoms with Gasteiger partial charge in [-0.15, -0.1) is 0 Å². The number of anilines is 1. The minimum absolute atomic E-state index is 0.282. The topological polar surface area (TPSA) is 49.0 Å². The Morgan fingerprint density at radius 2 is 1.52 bits per heavy atom. The average Bonchev–Trinajstić information content (AvgIpc) is 2.97. The lowest BCUT2D eigenvalue weighted by Crippen LogP contribution is -2.51. The summed E-state index contributed by atoms with van der Waals surface area (Å²) in [6.07, 6.45) is 0.248. The maximum Gasteiger partial charge on any atom is 0.132 e. The summed E-state index contributed by atoms with van der Waals surface area (Å²) in [6, 6.07) is 33.3. The molecule has 1 heterocycles. The molecule has 0 aromatic heterocycles. The van der Waals surface area contributed by atoms with E-state index in [0.29, 0.717) is 19.8 Å². The van der Waals surface area contributed by atoms with E-state index in [1.807, 2.05) is 24.3 Å². The molecule has 0 radical (unpaired) electrons. The maximum atomic E-state index is 6.67. The standard InChI is InChI=1S/C35H39NO4/c1-25-10-12-28(13-11-25)24-39-34-33(38-21-20-26-8-6-5-7-9-26)31-22-29(16-19-32(31)40-35(34,2)3)36-23-27-14-17-30(37-4)18-15-27/h5-19,22,33-34,36H,20-21,23-24H2,1-4H3. The molecule has 2 atom stereocenters. The molecule has 0 bridgehead atoms. The number of hydrogen-bond donors (Lipinski definition) is 1. The average molecular weight is 538 g/mol. The van der Waals surface area contributed by atoms with Gasteiger partial charge in [0.2, 0.25) is 0 Å². The molecule has 0 saturated carbocycles. The number of hydrogen-bond acceptors (Lipinski definition) is 5. The van der Waals surface area contributed by atoms with Gasteiger partial charge in [0.25, 0.3) is 0 Å². The van der Waals surface area contributed by atoms with E-state index < -0.39 is 5.60 Å². The van der Waals surface area contributed by atoms with Crippen molar-refractivity contribution in [2.75, 3.05) is 19.0 Å². The predicted octanol–water partition coefficient (Wildman–Crippen LogP) is 7.67. The summed E-state index contributed by atoms with van der Waals surface area (Å²) in [5.74, 6) is 1.68. The van der Waals surface area contributed by atoms with Crippen LogP contribution in [-0.2, 0) is 29.0 Å². The largest absolute Gasteiger partial charge is 0.497 e. The number of rotatable bonds is 11. The molecule has 1 aliphatic heterocycles. The minimum Gasteiger partial charge on any atom is -0.497 e. The van der Waals surface area contributed by atoms with E-state index in [-0.39, 0.29) is 12.2 Å². The van der Waals surface area contributed by atoms with Crippen molar-refractivity contribution in [2.24, 2.45) is 0 Å². The second kappa shape index (κ2) is 12.6. The fourth-order valence-corrected chi connectivity index (χ4v) is 5.07. The zero-order chi connectivity index (χ0) is 28.0. The van der Waals surface area contributed by atoms with Crippen LogP contribution in [-0.4, -0.2) is 25.4 Å². The summed E-state index contributed by atoms with van der Waals surface area (Å²) in [4.78, 5) is 0. The third kappa shape index (κ3) is 6.85. The molecular formula is C35H39NO4. The first-order valence-corrected chi connectivity index (χ1v) is 13.9. The lowest BCUT2D eigenvalue weighted by Gasteiger charge is -2.44. The molecule has 4 aromatic rings. The van der Waals surface area contributed by atoms with Crippen LogP contribution in [0.3, 0.4) is 0 Å². The molecule has 4 aromatic carbocycles. The number of benzene rings is 4. The smallest absolute Gasteiger partial charge is 0.132 e. The Morgan fingerprint density at radius 1 is 0.800 bits per heavy atom. The molecule has 2 unspecified atom stereocenters. The summed E-state index contributed by atoms with van der Waals surface area (Å²) in [7, 11) is 1.68. The van der Waals surface area contributed by atoms with Crippen LogP contribution in [0, 0.1) is 6.92 Å². The third-order valence-electron chi connectivity index (χ3n) is 7.39. The van der Waals surface area contributed by atoms with Crippen LogP contribution in [0.1, 0.15) is 47.8 Å². The van der Waals surface area contributed by atoms with Gasteiger partial charge in [0.1, 0.15) is 29.3 Å². The van der Waals surface area contributed by atoms with Crippen molar-refractivity contribution in [1.82, 2.24) is 0 Å². The van der Waals surface area contributed by atoms with Crippen molar-refractivity contribution in [3.63, 3.8) is 0 Å². The quantitative estimate of drug-likeness (QED) is 0.213. The van der Waals surface area contributed by atoms with Crippen molar-refractivity contribution in [3.8, 4) is 11.5 Å². The van der Waals surface area contributed by atoms with Crippen LogP contribution >= 0.6 is 0 Å². The van der Waals surface area contributed by atoms with Crippen molar-refractivity contribution in [2.45, 2.75) is 58.2 Å². The van der Waals surface area contributed by atoms with Crippen LogP contribution in [0.4, 0.5) is 5.69 Å². The van der Waals surface area contributed by atoms with Crippen molar-refractivity contribution < 1.29 is 18.9 Å². The highest BCUT2D eigenvalue weighted by Crippen LogP contribution is 2.44. The number of ether oxygens (including phenoxy) is 4. The van der Waals surface area contributed by atoms with E-state index in [1.165, 1.54) is 16.7 Å². The summed E-state index contributed by atoms with van der Waals surface area (Å²) >= 11 is 0. The molecule has 0 fully saturated rings. The number of fused-ring (bicyclic) bond motifs is 1. The minimum atomic E-state index is -0.576. The Labute approximate surface area is 238 Å². The zero-order valence-corrected chi connectivity index (χ0v) is 23.9. The third-order valence-corrected chi connectivity index (χ3v) is 7.39. The molecule has 0 spiro atoms. The second-order valence-corrected chi connectivity index (χ2v) is 10.9. The van der Waals surface area contributed by atoms with Gasteiger partial charge in [-0.05, 0) is 74.2 Å². The first-order chi connectivity index (χ1) is 19.4. The molecule has 5 rings (SSSR count). The van der Waals surface area contributed by atoms with Gasteiger partial charge in [-0.1, -0.05) is 72.3 Å². The van der Waals surface area contributed by atoms with E-state index in [0.717, 1.165) is 34.7 Å².